The number of aryl methyl sites for hydroxylation is 1. The van der Waals surface area contributed by atoms with Gasteiger partial charge < -0.3 is 9.88 Å². The number of ketones is 1. The summed E-state index contributed by atoms with van der Waals surface area (Å²) < 4.78 is 42.1. The SMILES string of the molecule is Cc1c(C(=O)CNC2(c3cn[nH]n3)CC(F)(F)C2)cn(C)c1C(=O)Nc1ccc(F)c(Cl)c1. The molecule has 1 aliphatic carbocycles. The zero-order chi connectivity index (χ0) is 24.0. The molecule has 0 radical (unpaired) electrons. The summed E-state index contributed by atoms with van der Waals surface area (Å²) in [4.78, 5) is 25.7. The molecule has 1 saturated carbocycles. The number of H-pyrrole nitrogens is 1. The molecule has 12 heteroatoms. The predicted molar refractivity (Wildman–Crippen MR) is 114 cm³/mol. The zero-order valence-electron chi connectivity index (χ0n) is 17.7. The van der Waals surface area contributed by atoms with Gasteiger partial charge in [-0.3, -0.25) is 14.9 Å². The number of rotatable bonds is 7. The van der Waals surface area contributed by atoms with E-state index >= 15 is 0 Å². The Morgan fingerprint density at radius 3 is 2.64 bits per heavy atom. The van der Waals surface area contributed by atoms with Gasteiger partial charge in [-0.05, 0) is 30.7 Å². The van der Waals surface area contributed by atoms with Gasteiger partial charge in [0, 0.05) is 37.3 Å². The Hall–Kier alpha value is -3.18. The maximum absolute atomic E-state index is 13.6. The summed E-state index contributed by atoms with van der Waals surface area (Å²) in [6.07, 6.45) is 1.86. The Kier molecular flexibility index (Phi) is 5.79. The predicted octanol–water partition coefficient (Wildman–Crippen LogP) is 3.59. The van der Waals surface area contributed by atoms with E-state index in [1.54, 1.807) is 14.0 Å². The number of alkyl halides is 2. The van der Waals surface area contributed by atoms with E-state index in [2.05, 4.69) is 26.0 Å². The number of hydrogen-bond donors (Lipinski definition) is 3. The van der Waals surface area contributed by atoms with Crippen LogP contribution in [0.25, 0.3) is 0 Å². The van der Waals surface area contributed by atoms with Crippen LogP contribution in [-0.2, 0) is 12.6 Å². The molecule has 1 amide bonds. The summed E-state index contributed by atoms with van der Waals surface area (Å²) in [7, 11) is 1.60. The third-order valence-electron chi connectivity index (χ3n) is 5.74. The number of amides is 1. The molecule has 174 valence electrons. The first-order valence-electron chi connectivity index (χ1n) is 9.96. The van der Waals surface area contributed by atoms with Gasteiger partial charge in [0.1, 0.15) is 17.2 Å². The van der Waals surface area contributed by atoms with Crippen LogP contribution >= 0.6 is 11.6 Å². The van der Waals surface area contributed by atoms with Gasteiger partial charge in [-0.1, -0.05) is 11.6 Å². The molecule has 0 aliphatic heterocycles. The second-order valence-corrected chi connectivity index (χ2v) is 8.54. The smallest absolute Gasteiger partial charge is 0.272 e. The second-order valence-electron chi connectivity index (χ2n) is 8.13. The van der Waals surface area contributed by atoms with Gasteiger partial charge in [0.25, 0.3) is 11.8 Å². The van der Waals surface area contributed by atoms with E-state index in [9.17, 15) is 22.8 Å². The Labute approximate surface area is 191 Å². The van der Waals surface area contributed by atoms with Crippen LogP contribution in [-0.4, -0.2) is 44.1 Å². The van der Waals surface area contributed by atoms with Crippen molar-refractivity contribution in [1.29, 1.82) is 0 Å². The van der Waals surface area contributed by atoms with Gasteiger partial charge in [-0.2, -0.15) is 15.4 Å². The maximum Gasteiger partial charge on any atom is 0.272 e. The lowest BCUT2D eigenvalue weighted by molar-refractivity contribution is -0.138. The summed E-state index contributed by atoms with van der Waals surface area (Å²) in [6.45, 7) is 1.38. The lowest BCUT2D eigenvalue weighted by atomic mass is 9.71. The quantitative estimate of drug-likeness (QED) is 0.448. The van der Waals surface area contributed by atoms with Crippen LogP contribution in [0.1, 0.15) is 44.9 Å². The largest absolute Gasteiger partial charge is 0.346 e. The molecule has 1 aliphatic rings. The number of nitrogens with one attached hydrogen (secondary N) is 3. The van der Waals surface area contributed by atoms with E-state index in [0.29, 0.717) is 16.9 Å². The molecule has 1 fully saturated rings. The fraction of sp³-hybridized carbons (Fsp3) is 0.333. The molecule has 0 spiro atoms. The molecule has 0 bridgehead atoms. The first-order valence-corrected chi connectivity index (χ1v) is 10.3. The number of nitrogens with zero attached hydrogens (tertiary/aromatic N) is 3. The molecule has 4 rings (SSSR count). The van der Waals surface area contributed by atoms with Crippen molar-refractivity contribution in [2.24, 2.45) is 7.05 Å². The number of benzene rings is 1. The average Bonchev–Trinajstić information content (AvgIpc) is 3.35. The van der Waals surface area contributed by atoms with Crippen molar-refractivity contribution in [3.05, 3.63) is 63.9 Å². The van der Waals surface area contributed by atoms with Crippen LogP contribution in [0.3, 0.4) is 0 Å². The van der Waals surface area contributed by atoms with Crippen LogP contribution < -0.4 is 10.6 Å². The third-order valence-corrected chi connectivity index (χ3v) is 6.03. The lowest BCUT2D eigenvalue weighted by Crippen LogP contribution is -2.59. The van der Waals surface area contributed by atoms with Gasteiger partial charge in [-0.15, -0.1) is 0 Å². The highest BCUT2D eigenvalue weighted by Gasteiger charge is 2.58. The van der Waals surface area contributed by atoms with E-state index in [1.165, 1.54) is 29.1 Å². The van der Waals surface area contributed by atoms with Gasteiger partial charge in [0.15, 0.2) is 5.78 Å². The molecule has 2 aromatic heterocycles. The zero-order valence-corrected chi connectivity index (χ0v) is 18.4. The van der Waals surface area contributed by atoms with Crippen LogP contribution in [0.5, 0.6) is 0 Å². The minimum Gasteiger partial charge on any atom is -0.346 e. The third kappa shape index (κ3) is 4.38. The van der Waals surface area contributed by atoms with E-state index < -0.39 is 36.0 Å². The second kappa shape index (κ2) is 8.31. The van der Waals surface area contributed by atoms with Crippen molar-refractivity contribution in [3.8, 4) is 0 Å². The summed E-state index contributed by atoms with van der Waals surface area (Å²) in [5, 5.41) is 15.4. The Bertz CT molecular complexity index is 1220. The fourth-order valence-corrected chi connectivity index (χ4v) is 4.31. The summed E-state index contributed by atoms with van der Waals surface area (Å²) in [6, 6.07) is 3.77. The molecule has 1 aromatic carbocycles. The number of carbonyl (C=O) groups is 2. The van der Waals surface area contributed by atoms with Gasteiger partial charge in [0.05, 0.1) is 23.3 Å². The van der Waals surface area contributed by atoms with Crippen molar-refractivity contribution in [1.82, 2.24) is 25.3 Å². The highest BCUT2D eigenvalue weighted by Crippen LogP contribution is 2.50. The average molecular weight is 481 g/mol. The van der Waals surface area contributed by atoms with Crippen LogP contribution in [0.2, 0.25) is 5.02 Å². The molecule has 0 saturated heterocycles. The minimum absolute atomic E-state index is 0.138. The highest BCUT2D eigenvalue weighted by molar-refractivity contribution is 6.31. The number of carbonyl (C=O) groups excluding carboxylic acids is 2. The van der Waals surface area contributed by atoms with Gasteiger partial charge >= 0.3 is 0 Å². The van der Waals surface area contributed by atoms with Crippen molar-refractivity contribution < 1.29 is 22.8 Å². The molecule has 0 atom stereocenters. The number of halogens is 4. The van der Waals surface area contributed by atoms with E-state index in [4.69, 9.17) is 11.6 Å². The Morgan fingerprint density at radius 1 is 1.30 bits per heavy atom. The molecule has 8 nitrogen and oxygen atoms in total. The van der Waals surface area contributed by atoms with Crippen LogP contribution in [0.15, 0.2) is 30.6 Å². The van der Waals surface area contributed by atoms with Gasteiger partial charge in [-0.25, -0.2) is 13.2 Å². The molecular formula is C21H20ClF3N6O2. The maximum atomic E-state index is 13.6. The first-order chi connectivity index (χ1) is 15.5. The highest BCUT2D eigenvalue weighted by atomic mass is 35.5. The standard InChI is InChI=1S/C21H20ClF3N6O2/c1-11-13(8-31(2)18(11)19(33)28-12-3-4-15(23)14(22)5-12)16(32)6-26-20(9-21(24,25)10-20)17-7-27-30-29-17/h3-5,7-8,26H,6,9-10H2,1-2H3,(H,28,33)(H,27,29,30). The van der Waals surface area contributed by atoms with E-state index in [1.807, 2.05) is 0 Å². The van der Waals surface area contributed by atoms with Crippen molar-refractivity contribution in [2.45, 2.75) is 31.2 Å². The number of aromatic nitrogens is 4. The van der Waals surface area contributed by atoms with Crippen LogP contribution in [0, 0.1) is 12.7 Å². The molecule has 2 heterocycles. The summed E-state index contributed by atoms with van der Waals surface area (Å²) in [5.41, 5.74) is 0.362. The first kappa shape index (κ1) is 23.0. The van der Waals surface area contributed by atoms with Crippen molar-refractivity contribution >= 4 is 29.0 Å². The lowest BCUT2D eigenvalue weighted by Gasteiger charge is -2.46. The van der Waals surface area contributed by atoms with E-state index in [-0.39, 0.29) is 28.6 Å². The molecule has 33 heavy (non-hydrogen) atoms. The number of Topliss-reactive ketones (excluding diaryl/α,β-unsaturated/α-hetero) is 1. The minimum atomic E-state index is -2.85. The number of hydrogen-bond acceptors (Lipinski definition) is 5. The monoisotopic (exact) mass is 480 g/mol. The molecular weight excluding hydrogens is 461 g/mol. The molecule has 0 unspecified atom stereocenters. The fourth-order valence-electron chi connectivity index (χ4n) is 4.13. The van der Waals surface area contributed by atoms with Crippen molar-refractivity contribution in [2.75, 3.05) is 11.9 Å². The normalized spacial score (nSPS) is 16.3. The number of aromatic amines is 1. The summed E-state index contributed by atoms with van der Waals surface area (Å²) in [5.74, 6) is -4.35. The summed E-state index contributed by atoms with van der Waals surface area (Å²) >= 11 is 5.75. The topological polar surface area (TPSA) is 105 Å². The molecule has 3 aromatic rings. The number of anilines is 1. The van der Waals surface area contributed by atoms with E-state index in [0.717, 1.165) is 6.07 Å². The van der Waals surface area contributed by atoms with Crippen LogP contribution in [0.4, 0.5) is 18.9 Å². The Morgan fingerprint density at radius 2 is 2.03 bits per heavy atom. The molecule has 3 N–H and O–H groups in total. The van der Waals surface area contributed by atoms with Gasteiger partial charge in [0.2, 0.25) is 0 Å². The Balaban J connectivity index is 1.49. The van der Waals surface area contributed by atoms with Crippen molar-refractivity contribution in [3.63, 3.8) is 0 Å².